The Morgan fingerprint density at radius 3 is 2.29 bits per heavy atom. The van der Waals surface area contributed by atoms with E-state index >= 15 is 0 Å². The number of fused-ring (bicyclic) bond motifs is 3. The first kappa shape index (κ1) is 22.5. The topological polar surface area (TPSA) is 38.1 Å². The predicted molar refractivity (Wildman–Crippen MR) is 141 cm³/mol. The molecule has 0 saturated heterocycles. The van der Waals surface area contributed by atoms with Gasteiger partial charge < -0.3 is 9.23 Å². The molecule has 0 atom stereocenters. The van der Waals surface area contributed by atoms with E-state index in [1.54, 1.807) is 0 Å². The van der Waals surface area contributed by atoms with Gasteiger partial charge in [-0.05, 0) is 50.9 Å². The molecular weight excluding hydrogens is 419 g/mol. The van der Waals surface area contributed by atoms with E-state index in [2.05, 4.69) is 116 Å². The van der Waals surface area contributed by atoms with Gasteiger partial charge in [0.1, 0.15) is 18.1 Å². The van der Waals surface area contributed by atoms with E-state index in [0.29, 0.717) is 17.5 Å². The summed E-state index contributed by atoms with van der Waals surface area (Å²) in [4.78, 5) is 6.99. The third-order valence-electron chi connectivity index (χ3n) is 7.10. The molecule has 6 heteroatoms. The Balaban J connectivity index is 1.74. The number of benzene rings is 1. The SMILES string of the molecule is CC1=Cc2oc3nc(C)ccc3c2N(C)B1c1n(-c2c(C(C)C)cccc2C(C)C)cc[n+]1C. The van der Waals surface area contributed by atoms with Crippen molar-refractivity contribution in [3.8, 4) is 5.69 Å². The Kier molecular flexibility index (Phi) is 5.42. The van der Waals surface area contributed by atoms with E-state index in [1.165, 1.54) is 28.0 Å². The summed E-state index contributed by atoms with van der Waals surface area (Å²) in [6.07, 6.45) is 6.58. The summed E-state index contributed by atoms with van der Waals surface area (Å²) in [7, 11) is 4.32. The molecule has 3 aromatic heterocycles. The number of pyridine rings is 1. The monoisotopic (exact) mass is 453 g/mol. The van der Waals surface area contributed by atoms with Crippen LogP contribution in [0.1, 0.15) is 69.0 Å². The quantitative estimate of drug-likeness (QED) is 0.311. The van der Waals surface area contributed by atoms with Gasteiger partial charge in [-0.15, -0.1) is 0 Å². The molecule has 1 aliphatic rings. The van der Waals surface area contributed by atoms with Crippen molar-refractivity contribution >= 4 is 35.4 Å². The molecule has 1 aromatic carbocycles. The first-order valence-electron chi connectivity index (χ1n) is 12.2. The van der Waals surface area contributed by atoms with Gasteiger partial charge in [-0.25, -0.2) is 14.1 Å². The van der Waals surface area contributed by atoms with Crippen LogP contribution in [0.4, 0.5) is 5.69 Å². The molecule has 0 aliphatic carbocycles. The second kappa shape index (κ2) is 8.19. The van der Waals surface area contributed by atoms with Gasteiger partial charge in [0.25, 0.3) is 0 Å². The van der Waals surface area contributed by atoms with Gasteiger partial charge in [0.2, 0.25) is 11.4 Å². The Morgan fingerprint density at radius 1 is 0.971 bits per heavy atom. The van der Waals surface area contributed by atoms with Gasteiger partial charge in [0, 0.05) is 16.8 Å². The van der Waals surface area contributed by atoms with E-state index in [0.717, 1.165) is 22.5 Å². The fourth-order valence-corrected chi connectivity index (χ4v) is 5.43. The summed E-state index contributed by atoms with van der Waals surface area (Å²) in [6.45, 7) is 13.4. The Labute approximate surface area is 202 Å². The van der Waals surface area contributed by atoms with Crippen LogP contribution in [0.3, 0.4) is 0 Å². The molecule has 0 radical (unpaired) electrons. The highest BCUT2D eigenvalue weighted by Crippen LogP contribution is 2.38. The maximum absolute atomic E-state index is 6.18. The smallest absolute Gasteiger partial charge is 0.423 e. The standard InChI is InChI=1S/C28H34BN4O/c1-17(2)21-10-9-11-22(18(3)4)25(21)33-15-14-31(7)28(33)29-19(5)16-24-26(32(29)8)23-13-12-20(6)30-27(23)34-24/h9-18H,1-8H3/q+1. The maximum atomic E-state index is 6.18. The third-order valence-corrected chi connectivity index (χ3v) is 7.10. The number of allylic oxidation sites excluding steroid dienone is 1. The first-order valence-corrected chi connectivity index (χ1v) is 12.2. The summed E-state index contributed by atoms with van der Waals surface area (Å²) >= 11 is 0. The summed E-state index contributed by atoms with van der Waals surface area (Å²) in [5.74, 6) is 1.73. The van der Waals surface area contributed by atoms with E-state index in [9.17, 15) is 0 Å². The predicted octanol–water partition coefficient (Wildman–Crippen LogP) is 5.29. The zero-order valence-electron chi connectivity index (χ0n) is 21.5. The number of imidazole rings is 1. The molecule has 174 valence electrons. The lowest BCUT2D eigenvalue weighted by Gasteiger charge is -2.29. The molecular formula is C28H34BN4O+. The lowest BCUT2D eigenvalue weighted by atomic mass is 9.51. The van der Waals surface area contributed by atoms with Crippen LogP contribution in [0.15, 0.2) is 52.6 Å². The van der Waals surface area contributed by atoms with Crippen LogP contribution < -0.4 is 15.1 Å². The highest BCUT2D eigenvalue weighted by atomic mass is 16.3. The summed E-state index contributed by atoms with van der Waals surface area (Å²) in [5.41, 5.74) is 9.30. The second-order valence-electron chi connectivity index (χ2n) is 10.3. The van der Waals surface area contributed by atoms with Crippen molar-refractivity contribution in [2.75, 3.05) is 11.9 Å². The second-order valence-corrected chi connectivity index (χ2v) is 10.3. The molecule has 0 unspecified atom stereocenters. The summed E-state index contributed by atoms with van der Waals surface area (Å²) < 4.78 is 10.9. The Morgan fingerprint density at radius 2 is 1.65 bits per heavy atom. The molecule has 0 saturated carbocycles. The molecule has 0 fully saturated rings. The number of hydrogen-bond donors (Lipinski definition) is 0. The fraction of sp³-hybridized carbons (Fsp3) is 0.357. The lowest BCUT2D eigenvalue weighted by molar-refractivity contribution is -0.653. The zero-order valence-corrected chi connectivity index (χ0v) is 21.5. The molecule has 0 spiro atoms. The normalized spacial score (nSPS) is 13.9. The minimum Gasteiger partial charge on any atom is -0.436 e. The largest absolute Gasteiger partial charge is 0.436 e. The number of aromatic nitrogens is 3. The Hall–Kier alpha value is -3.28. The van der Waals surface area contributed by atoms with Crippen molar-refractivity contribution in [1.29, 1.82) is 0 Å². The van der Waals surface area contributed by atoms with Crippen molar-refractivity contribution < 1.29 is 8.98 Å². The number of anilines is 1. The van der Waals surface area contributed by atoms with Crippen LogP contribution in [-0.2, 0) is 7.05 Å². The summed E-state index contributed by atoms with van der Waals surface area (Å²) in [6, 6.07) is 10.9. The van der Waals surface area contributed by atoms with Crippen molar-refractivity contribution in [2.45, 2.75) is 53.4 Å². The number of para-hydroxylation sites is 1. The van der Waals surface area contributed by atoms with Crippen molar-refractivity contribution in [1.82, 2.24) is 9.55 Å². The maximum Gasteiger partial charge on any atom is 0.423 e. The Bertz CT molecular complexity index is 1400. The number of hydrogen-bond acceptors (Lipinski definition) is 3. The van der Waals surface area contributed by atoms with Crippen LogP contribution in [-0.4, -0.2) is 23.4 Å². The van der Waals surface area contributed by atoms with E-state index < -0.39 is 0 Å². The van der Waals surface area contributed by atoms with Gasteiger partial charge in [-0.1, -0.05) is 51.4 Å². The number of furan rings is 1. The highest BCUT2D eigenvalue weighted by molar-refractivity contribution is 6.82. The fourth-order valence-electron chi connectivity index (χ4n) is 5.43. The van der Waals surface area contributed by atoms with E-state index in [-0.39, 0.29) is 6.85 Å². The minimum atomic E-state index is 0.0647. The third kappa shape index (κ3) is 3.39. The molecule has 0 bridgehead atoms. The minimum absolute atomic E-state index is 0.0647. The van der Waals surface area contributed by atoms with Gasteiger partial charge in [-0.2, -0.15) is 0 Å². The first-order chi connectivity index (χ1) is 16.2. The molecule has 4 heterocycles. The van der Waals surface area contributed by atoms with Crippen LogP contribution in [0.2, 0.25) is 0 Å². The highest BCUT2D eigenvalue weighted by Gasteiger charge is 2.42. The van der Waals surface area contributed by atoms with E-state index in [4.69, 9.17) is 4.42 Å². The molecule has 1 aliphatic heterocycles. The van der Waals surface area contributed by atoms with Gasteiger partial charge in [0.15, 0.2) is 5.76 Å². The van der Waals surface area contributed by atoms with E-state index in [1.807, 2.05) is 6.92 Å². The average molecular weight is 453 g/mol. The van der Waals surface area contributed by atoms with Crippen LogP contribution in [0.5, 0.6) is 0 Å². The van der Waals surface area contributed by atoms with Gasteiger partial charge in [-0.3, -0.25) is 0 Å². The van der Waals surface area contributed by atoms with Gasteiger partial charge in [0.05, 0.1) is 18.1 Å². The molecule has 5 nitrogen and oxygen atoms in total. The van der Waals surface area contributed by atoms with Crippen molar-refractivity contribution in [3.05, 3.63) is 70.8 Å². The number of rotatable bonds is 4. The number of aryl methyl sites for hydroxylation is 2. The number of nitrogens with zero attached hydrogens (tertiary/aromatic N) is 4. The van der Waals surface area contributed by atoms with Gasteiger partial charge >= 0.3 is 6.85 Å². The molecule has 0 N–H and O–H groups in total. The zero-order chi connectivity index (χ0) is 24.3. The lowest BCUT2D eigenvalue weighted by Crippen LogP contribution is -2.63. The molecule has 34 heavy (non-hydrogen) atoms. The van der Waals surface area contributed by atoms with Crippen LogP contribution in [0.25, 0.3) is 22.9 Å². The van der Waals surface area contributed by atoms with Crippen LogP contribution >= 0.6 is 0 Å². The molecule has 4 aromatic rings. The summed E-state index contributed by atoms with van der Waals surface area (Å²) in [5, 5.41) is 1.06. The van der Waals surface area contributed by atoms with Crippen molar-refractivity contribution in [3.63, 3.8) is 0 Å². The van der Waals surface area contributed by atoms with Crippen molar-refractivity contribution in [2.24, 2.45) is 7.05 Å². The van der Waals surface area contributed by atoms with Crippen LogP contribution in [0, 0.1) is 6.92 Å². The molecule has 5 rings (SSSR count). The molecule has 0 amide bonds. The average Bonchev–Trinajstić information content (AvgIpc) is 3.32.